The molecule has 3 heterocycles. The van der Waals surface area contributed by atoms with Gasteiger partial charge in [-0.1, -0.05) is 36.4 Å². The molecule has 9 nitrogen and oxygen atoms in total. The van der Waals surface area contributed by atoms with Gasteiger partial charge in [0.25, 0.3) is 5.22 Å². The number of para-hydroxylation sites is 2. The van der Waals surface area contributed by atoms with Gasteiger partial charge in [-0.2, -0.15) is 4.31 Å². The average Bonchev–Trinajstić information content (AvgIpc) is 3.46. The van der Waals surface area contributed by atoms with Crippen LogP contribution in [0.3, 0.4) is 0 Å². The fourth-order valence-electron chi connectivity index (χ4n) is 4.14. The number of imidazole rings is 1. The van der Waals surface area contributed by atoms with Crippen LogP contribution >= 0.6 is 11.8 Å². The summed E-state index contributed by atoms with van der Waals surface area (Å²) >= 11 is 1.41. The molecule has 1 fully saturated rings. The van der Waals surface area contributed by atoms with Crippen LogP contribution in [-0.2, 0) is 16.6 Å². The van der Waals surface area contributed by atoms with E-state index in [-0.39, 0.29) is 16.5 Å². The van der Waals surface area contributed by atoms with Crippen molar-refractivity contribution in [3.63, 3.8) is 0 Å². The standard InChI is InChI=1S/C23H25N5O4S2/c29-22-24-19-10-2-3-11-20(19)28(22)14-7-15-33-23-26-25-21(32-23)17-8-6-9-18(16-17)34(30,31)27-12-4-1-5-13-27/h2-3,6,8-11,16H,1,4-5,7,12-15H2,(H,24,29). The molecule has 0 bridgehead atoms. The van der Waals surface area contributed by atoms with Crippen molar-refractivity contribution in [1.82, 2.24) is 24.1 Å². The number of aromatic nitrogens is 4. The molecule has 0 amide bonds. The van der Waals surface area contributed by atoms with Crippen molar-refractivity contribution in [1.29, 1.82) is 0 Å². The number of thioether (sulfide) groups is 1. The normalized spacial score (nSPS) is 15.2. The Hall–Kier alpha value is -2.89. The van der Waals surface area contributed by atoms with Crippen LogP contribution in [0.15, 0.2) is 67.9 Å². The largest absolute Gasteiger partial charge is 0.411 e. The number of benzene rings is 2. The Labute approximate surface area is 201 Å². The Balaban J connectivity index is 1.22. The van der Waals surface area contributed by atoms with Gasteiger partial charge in [-0.05, 0) is 49.6 Å². The molecule has 178 valence electrons. The van der Waals surface area contributed by atoms with Crippen molar-refractivity contribution in [2.45, 2.75) is 42.3 Å². The van der Waals surface area contributed by atoms with Gasteiger partial charge in [-0.25, -0.2) is 13.2 Å². The first-order valence-corrected chi connectivity index (χ1v) is 13.7. The van der Waals surface area contributed by atoms with E-state index in [1.54, 1.807) is 33.1 Å². The monoisotopic (exact) mass is 499 g/mol. The number of sulfonamides is 1. The average molecular weight is 500 g/mol. The summed E-state index contributed by atoms with van der Waals surface area (Å²) in [6.45, 7) is 1.68. The summed E-state index contributed by atoms with van der Waals surface area (Å²) in [4.78, 5) is 15.3. The number of rotatable bonds is 8. The fourth-order valence-corrected chi connectivity index (χ4v) is 6.39. The van der Waals surface area contributed by atoms with Gasteiger partial charge >= 0.3 is 5.69 Å². The maximum atomic E-state index is 13.0. The molecule has 0 saturated carbocycles. The second-order valence-corrected chi connectivity index (χ2v) is 11.2. The van der Waals surface area contributed by atoms with E-state index in [2.05, 4.69) is 15.2 Å². The van der Waals surface area contributed by atoms with E-state index in [0.717, 1.165) is 36.7 Å². The zero-order valence-electron chi connectivity index (χ0n) is 18.5. The molecule has 5 rings (SSSR count). The highest BCUT2D eigenvalue weighted by molar-refractivity contribution is 7.99. The molecule has 0 aliphatic carbocycles. The summed E-state index contributed by atoms with van der Waals surface area (Å²) in [5.74, 6) is 0.975. The number of piperidine rings is 1. The van der Waals surface area contributed by atoms with Crippen molar-refractivity contribution < 1.29 is 12.8 Å². The van der Waals surface area contributed by atoms with Crippen molar-refractivity contribution in [3.8, 4) is 11.5 Å². The van der Waals surface area contributed by atoms with Crippen LogP contribution in [-0.4, -0.2) is 51.3 Å². The highest BCUT2D eigenvalue weighted by Crippen LogP contribution is 2.27. The van der Waals surface area contributed by atoms with E-state index in [1.165, 1.54) is 11.8 Å². The predicted molar refractivity (Wildman–Crippen MR) is 130 cm³/mol. The van der Waals surface area contributed by atoms with Crippen LogP contribution in [0.1, 0.15) is 25.7 Å². The lowest BCUT2D eigenvalue weighted by Crippen LogP contribution is -2.35. The Morgan fingerprint density at radius 1 is 1.03 bits per heavy atom. The molecule has 0 atom stereocenters. The summed E-state index contributed by atoms with van der Waals surface area (Å²) in [5.41, 5.74) is 2.16. The Morgan fingerprint density at radius 3 is 2.71 bits per heavy atom. The van der Waals surface area contributed by atoms with Crippen LogP contribution in [0, 0.1) is 0 Å². The van der Waals surface area contributed by atoms with Crippen molar-refractivity contribution in [2.24, 2.45) is 0 Å². The lowest BCUT2D eigenvalue weighted by molar-refractivity contribution is 0.346. The molecule has 0 spiro atoms. The number of aromatic amines is 1. The fraction of sp³-hybridized carbons (Fsp3) is 0.348. The first-order chi connectivity index (χ1) is 16.5. The van der Waals surface area contributed by atoms with Crippen LogP contribution in [0.25, 0.3) is 22.5 Å². The molecule has 2 aromatic heterocycles. The SMILES string of the molecule is O=c1[nH]c2ccccc2n1CCCSc1nnc(-c2cccc(S(=O)(=O)N3CCCCC3)c2)o1. The van der Waals surface area contributed by atoms with Gasteiger partial charge in [0.15, 0.2) is 0 Å². The molecule has 1 aliphatic rings. The molecule has 0 unspecified atom stereocenters. The molecule has 1 N–H and O–H groups in total. The molecular weight excluding hydrogens is 474 g/mol. The van der Waals surface area contributed by atoms with Gasteiger partial charge in [0.2, 0.25) is 15.9 Å². The van der Waals surface area contributed by atoms with E-state index in [9.17, 15) is 13.2 Å². The highest BCUT2D eigenvalue weighted by Gasteiger charge is 2.26. The smallest absolute Gasteiger partial charge is 0.326 e. The lowest BCUT2D eigenvalue weighted by Gasteiger charge is -2.25. The minimum atomic E-state index is -3.54. The topological polar surface area (TPSA) is 114 Å². The summed E-state index contributed by atoms with van der Waals surface area (Å²) < 4.78 is 35.0. The molecule has 11 heteroatoms. The number of nitrogens with zero attached hydrogens (tertiary/aromatic N) is 4. The second kappa shape index (κ2) is 9.77. The van der Waals surface area contributed by atoms with Crippen LogP contribution in [0.4, 0.5) is 0 Å². The number of fused-ring (bicyclic) bond motifs is 1. The lowest BCUT2D eigenvalue weighted by atomic mass is 10.2. The third-order valence-corrected chi connectivity index (χ3v) is 8.67. The maximum Gasteiger partial charge on any atom is 0.326 e. The van der Waals surface area contributed by atoms with Gasteiger partial charge in [0.05, 0.1) is 15.9 Å². The molecule has 0 radical (unpaired) electrons. The van der Waals surface area contributed by atoms with E-state index in [0.29, 0.717) is 36.2 Å². The molecular formula is C23H25N5O4S2. The number of H-pyrrole nitrogens is 1. The zero-order chi connectivity index (χ0) is 23.5. The van der Waals surface area contributed by atoms with Crippen LogP contribution in [0.2, 0.25) is 0 Å². The third kappa shape index (κ3) is 4.68. The summed E-state index contributed by atoms with van der Waals surface area (Å²) in [5, 5.41) is 8.60. The first kappa shape index (κ1) is 22.9. The van der Waals surface area contributed by atoms with Gasteiger partial charge in [-0.3, -0.25) is 4.57 Å². The van der Waals surface area contributed by atoms with Crippen molar-refractivity contribution in [3.05, 3.63) is 59.0 Å². The second-order valence-electron chi connectivity index (χ2n) is 8.17. The maximum absolute atomic E-state index is 13.0. The molecule has 4 aromatic rings. The van der Waals surface area contributed by atoms with Gasteiger partial charge in [0, 0.05) is 31.0 Å². The third-order valence-electron chi connectivity index (χ3n) is 5.87. The van der Waals surface area contributed by atoms with Gasteiger partial charge < -0.3 is 9.40 Å². The Morgan fingerprint density at radius 2 is 1.85 bits per heavy atom. The van der Waals surface area contributed by atoms with E-state index in [4.69, 9.17) is 4.42 Å². The summed E-state index contributed by atoms with van der Waals surface area (Å²) in [6, 6.07) is 14.3. The number of aryl methyl sites for hydroxylation is 1. The highest BCUT2D eigenvalue weighted by atomic mass is 32.2. The summed E-state index contributed by atoms with van der Waals surface area (Å²) in [7, 11) is -3.54. The van der Waals surface area contributed by atoms with Gasteiger partial charge in [0.1, 0.15) is 0 Å². The number of hydrogen-bond acceptors (Lipinski definition) is 7. The molecule has 1 saturated heterocycles. The van der Waals surface area contributed by atoms with E-state index in [1.807, 2.05) is 24.3 Å². The molecule has 34 heavy (non-hydrogen) atoms. The van der Waals surface area contributed by atoms with Crippen LogP contribution in [0.5, 0.6) is 0 Å². The van der Waals surface area contributed by atoms with E-state index < -0.39 is 10.0 Å². The van der Waals surface area contributed by atoms with Crippen LogP contribution < -0.4 is 5.69 Å². The van der Waals surface area contributed by atoms with Crippen molar-refractivity contribution in [2.75, 3.05) is 18.8 Å². The van der Waals surface area contributed by atoms with E-state index >= 15 is 0 Å². The molecule has 2 aromatic carbocycles. The Kier molecular flexibility index (Phi) is 6.57. The molecule has 1 aliphatic heterocycles. The summed E-state index contributed by atoms with van der Waals surface area (Å²) in [6.07, 6.45) is 3.58. The predicted octanol–water partition coefficient (Wildman–Crippen LogP) is 3.74. The first-order valence-electron chi connectivity index (χ1n) is 11.3. The van der Waals surface area contributed by atoms with Gasteiger partial charge in [-0.15, -0.1) is 10.2 Å². The zero-order valence-corrected chi connectivity index (χ0v) is 20.1. The minimum Gasteiger partial charge on any atom is -0.411 e. The number of hydrogen-bond donors (Lipinski definition) is 1. The van der Waals surface area contributed by atoms with Crippen molar-refractivity contribution >= 4 is 32.8 Å². The minimum absolute atomic E-state index is 0.120. The quantitative estimate of drug-likeness (QED) is 0.290. The Bertz CT molecular complexity index is 1450. The number of nitrogens with one attached hydrogen (secondary N) is 1.